The highest BCUT2D eigenvalue weighted by molar-refractivity contribution is 7.48. The van der Waals surface area contributed by atoms with Gasteiger partial charge in [0.25, 0.3) is 0 Å². The van der Waals surface area contributed by atoms with E-state index in [-0.39, 0.29) is 31.8 Å². The number of ether oxygens (including phenoxy) is 5. The molecule has 322 valence electrons. The van der Waals surface area contributed by atoms with Crippen LogP contribution in [0.25, 0.3) is 0 Å². The van der Waals surface area contributed by atoms with Crippen LogP contribution in [0.3, 0.4) is 0 Å². The van der Waals surface area contributed by atoms with Crippen molar-refractivity contribution in [3.63, 3.8) is 0 Å². The maximum Gasteiger partial charge on any atom is 0.475 e. The van der Waals surface area contributed by atoms with Crippen molar-refractivity contribution in [3.05, 3.63) is 37.5 Å². The first-order chi connectivity index (χ1) is 26.8. The molecule has 0 radical (unpaired) electrons. The second-order valence-electron chi connectivity index (χ2n) is 14.5. The molecule has 0 aliphatic carbocycles. The summed E-state index contributed by atoms with van der Waals surface area (Å²) in [6.45, 7) is 12.0. The van der Waals surface area contributed by atoms with Crippen LogP contribution in [0.2, 0.25) is 0 Å². The van der Waals surface area contributed by atoms with E-state index >= 15 is 0 Å². The van der Waals surface area contributed by atoms with Crippen molar-refractivity contribution in [2.24, 2.45) is 0 Å². The monoisotopic (exact) mass is 802 g/mol. The Hall–Kier alpha value is -1.40. The average molecular weight is 802 g/mol. The van der Waals surface area contributed by atoms with Gasteiger partial charge >= 0.3 is 7.82 Å². The fourth-order valence-electron chi connectivity index (χ4n) is 6.72. The van der Waals surface area contributed by atoms with E-state index in [1.807, 2.05) is 0 Å². The number of methoxy groups -OCH3 is 3. The molecule has 1 saturated heterocycles. The van der Waals surface area contributed by atoms with Gasteiger partial charge in [-0.15, -0.1) is 13.2 Å². The summed E-state index contributed by atoms with van der Waals surface area (Å²) in [7, 11) is 0.592. The zero-order valence-electron chi connectivity index (χ0n) is 35.4. The van der Waals surface area contributed by atoms with Gasteiger partial charge in [0.1, 0.15) is 24.4 Å². The number of rotatable bonds is 38. The standard InChI is InChI=1S/C43H80NO10P/c1-8-12-14-16-17-18-19-20-21-22-23-24-25-27-29-31-39(45)44-40-42(50-35-32-37(48-6)30-28-26-15-13-9-2)41(38(36-47-5)53-43(40)49-7)54-55(46,51-33-10-3)52-34-11-4/h10-11,18-19,37-38,40-43H,3-4,8-9,12-17,20-36H2,1-2,5-7H3,(H,44,45)/b19-18-/t37-,38-,40-,41-,42-,43-/m1/s1. The van der Waals surface area contributed by atoms with Crippen LogP contribution in [0.5, 0.6) is 0 Å². The molecule has 0 spiro atoms. The normalized spacial score (nSPS) is 20.9. The predicted molar refractivity (Wildman–Crippen MR) is 222 cm³/mol. The van der Waals surface area contributed by atoms with Gasteiger partial charge in [0, 0.05) is 34.4 Å². The van der Waals surface area contributed by atoms with Gasteiger partial charge in [0.05, 0.1) is 25.9 Å². The Balaban J connectivity index is 2.93. The lowest BCUT2D eigenvalue weighted by Gasteiger charge is -2.46. The molecule has 1 aliphatic heterocycles. The second kappa shape index (κ2) is 34.6. The van der Waals surface area contributed by atoms with E-state index < -0.39 is 38.5 Å². The fraction of sp³-hybridized carbons (Fsp3) is 0.837. The number of carbonyl (C=O) groups excluding carboxylic acids is 1. The quantitative estimate of drug-likeness (QED) is 0.0367. The summed E-state index contributed by atoms with van der Waals surface area (Å²) in [5, 5.41) is 3.11. The van der Waals surface area contributed by atoms with E-state index in [9.17, 15) is 9.36 Å². The number of amides is 1. The van der Waals surface area contributed by atoms with Crippen LogP contribution in [0.1, 0.15) is 149 Å². The SMILES string of the molecule is C=CCOP(=O)(OCC=C)O[C@H]1[C@H](OCC[C@@H](CCCCCCC)OC)[C@@H](NC(=O)CCCCCCCCC/C=C\CCCCCC)[C@H](OC)O[C@@H]1COC. The molecule has 1 amide bonds. The molecule has 6 atom stereocenters. The Morgan fingerprint density at radius 2 is 1.33 bits per heavy atom. The summed E-state index contributed by atoms with van der Waals surface area (Å²) in [4.78, 5) is 13.5. The molecule has 0 bridgehead atoms. The van der Waals surface area contributed by atoms with Crippen LogP contribution in [0.4, 0.5) is 0 Å². The van der Waals surface area contributed by atoms with E-state index in [0.717, 1.165) is 44.9 Å². The molecular formula is C43H80NO10P. The lowest BCUT2D eigenvalue weighted by Crippen LogP contribution is -2.66. The van der Waals surface area contributed by atoms with Crippen molar-refractivity contribution in [3.8, 4) is 0 Å². The van der Waals surface area contributed by atoms with Crippen molar-refractivity contribution in [1.29, 1.82) is 0 Å². The molecule has 0 unspecified atom stereocenters. The molecule has 1 aliphatic rings. The Kier molecular flexibility index (Phi) is 32.5. The molecule has 11 nitrogen and oxygen atoms in total. The molecule has 0 aromatic carbocycles. The van der Waals surface area contributed by atoms with Gasteiger partial charge < -0.3 is 29.0 Å². The van der Waals surface area contributed by atoms with Gasteiger partial charge in [0.15, 0.2) is 6.29 Å². The van der Waals surface area contributed by atoms with Crippen LogP contribution < -0.4 is 5.32 Å². The van der Waals surface area contributed by atoms with Gasteiger partial charge in [-0.1, -0.05) is 122 Å². The third-order valence-corrected chi connectivity index (χ3v) is 11.3. The topological polar surface area (TPSA) is 120 Å². The number of allylic oxidation sites excluding steroid dienone is 2. The third-order valence-electron chi connectivity index (χ3n) is 9.87. The lowest BCUT2D eigenvalue weighted by atomic mass is 9.96. The highest BCUT2D eigenvalue weighted by Crippen LogP contribution is 2.52. The molecule has 1 heterocycles. The van der Waals surface area contributed by atoms with E-state index in [1.54, 1.807) is 7.11 Å². The minimum Gasteiger partial charge on any atom is -0.382 e. The number of hydrogen-bond donors (Lipinski definition) is 1. The second-order valence-corrected chi connectivity index (χ2v) is 16.2. The number of phosphoric ester groups is 1. The Morgan fingerprint density at radius 1 is 0.764 bits per heavy atom. The molecule has 1 N–H and O–H groups in total. The smallest absolute Gasteiger partial charge is 0.382 e. The fourth-order valence-corrected chi connectivity index (χ4v) is 8.05. The number of nitrogens with one attached hydrogen (secondary N) is 1. The van der Waals surface area contributed by atoms with Crippen LogP contribution in [0.15, 0.2) is 37.5 Å². The molecular weight excluding hydrogens is 721 g/mol. The molecule has 12 heteroatoms. The van der Waals surface area contributed by atoms with Gasteiger partial charge in [-0.3, -0.25) is 18.4 Å². The van der Waals surface area contributed by atoms with Gasteiger partial charge in [0.2, 0.25) is 5.91 Å². The minimum absolute atomic E-state index is 0.00163. The maximum atomic E-state index is 13.9. The van der Waals surface area contributed by atoms with E-state index in [1.165, 1.54) is 103 Å². The Labute approximate surface area is 335 Å². The first kappa shape index (κ1) is 51.6. The van der Waals surface area contributed by atoms with E-state index in [4.69, 9.17) is 37.3 Å². The Morgan fingerprint density at radius 3 is 1.89 bits per heavy atom. The highest BCUT2D eigenvalue weighted by Gasteiger charge is 2.51. The molecule has 0 aromatic heterocycles. The van der Waals surface area contributed by atoms with E-state index in [2.05, 4.69) is 44.5 Å². The number of unbranched alkanes of at least 4 members (excludes halogenated alkanes) is 15. The van der Waals surface area contributed by atoms with Crippen LogP contribution in [-0.4, -0.2) is 90.4 Å². The van der Waals surface area contributed by atoms with Gasteiger partial charge in [-0.25, -0.2) is 4.57 Å². The van der Waals surface area contributed by atoms with E-state index in [0.29, 0.717) is 19.4 Å². The largest absolute Gasteiger partial charge is 0.475 e. The zero-order chi connectivity index (χ0) is 40.4. The van der Waals surface area contributed by atoms with Gasteiger partial charge in [-0.2, -0.15) is 0 Å². The molecule has 0 saturated carbocycles. The average Bonchev–Trinajstić information content (AvgIpc) is 3.18. The lowest BCUT2D eigenvalue weighted by molar-refractivity contribution is -0.269. The summed E-state index contributed by atoms with van der Waals surface area (Å²) in [6, 6.07) is -0.789. The van der Waals surface area contributed by atoms with Crippen molar-refractivity contribution in [1.82, 2.24) is 5.32 Å². The van der Waals surface area contributed by atoms with Crippen molar-refractivity contribution in [2.75, 3.05) is 47.8 Å². The number of carbonyl (C=O) groups is 1. The molecule has 55 heavy (non-hydrogen) atoms. The number of phosphoric acid groups is 1. The first-order valence-electron chi connectivity index (χ1n) is 21.4. The van der Waals surface area contributed by atoms with Crippen molar-refractivity contribution >= 4 is 13.7 Å². The predicted octanol–water partition coefficient (Wildman–Crippen LogP) is 10.6. The van der Waals surface area contributed by atoms with Crippen molar-refractivity contribution < 1.29 is 46.6 Å². The summed E-state index contributed by atoms with van der Waals surface area (Å²) in [5.41, 5.74) is 0. The molecule has 1 fully saturated rings. The Bertz CT molecular complexity index is 1010. The third kappa shape index (κ3) is 24.2. The first-order valence-corrected chi connectivity index (χ1v) is 22.8. The summed E-state index contributed by atoms with van der Waals surface area (Å²) in [5.74, 6) is -0.148. The summed E-state index contributed by atoms with van der Waals surface area (Å²) >= 11 is 0. The number of hydrogen-bond acceptors (Lipinski definition) is 10. The van der Waals surface area contributed by atoms with Crippen molar-refractivity contribution in [2.45, 2.75) is 185 Å². The van der Waals surface area contributed by atoms with Gasteiger partial charge in [-0.05, 0) is 44.9 Å². The molecule has 1 rings (SSSR count). The molecule has 0 aromatic rings. The highest BCUT2D eigenvalue weighted by atomic mass is 31.2. The van der Waals surface area contributed by atoms with Crippen LogP contribution in [-0.2, 0) is 46.6 Å². The maximum absolute atomic E-state index is 13.9. The van der Waals surface area contributed by atoms with Crippen LogP contribution in [0, 0.1) is 0 Å². The summed E-state index contributed by atoms with van der Waals surface area (Å²) < 4.78 is 61.1. The minimum atomic E-state index is -4.18. The summed E-state index contributed by atoms with van der Waals surface area (Å²) in [6.07, 6.45) is 27.2. The van der Waals surface area contributed by atoms with Crippen LogP contribution >= 0.6 is 7.82 Å². The zero-order valence-corrected chi connectivity index (χ0v) is 36.3.